The van der Waals surface area contributed by atoms with Crippen molar-refractivity contribution in [1.29, 1.82) is 0 Å². The number of carbonyl (C=O) groups excluding carboxylic acids is 1. The van der Waals surface area contributed by atoms with E-state index in [1.807, 2.05) is 0 Å². The van der Waals surface area contributed by atoms with Gasteiger partial charge in [-0.15, -0.1) is 0 Å². The van der Waals surface area contributed by atoms with Crippen molar-refractivity contribution >= 4 is 23.2 Å². The zero-order valence-corrected chi connectivity index (χ0v) is 15.1. The van der Waals surface area contributed by atoms with Crippen LogP contribution in [0.4, 0.5) is 18.9 Å². The average molecular weight is 407 g/mol. The molecule has 0 aliphatic rings. The number of amides is 1. The second-order valence-electron chi connectivity index (χ2n) is 6.01. The lowest BCUT2D eigenvalue weighted by Crippen LogP contribution is -2.22. The van der Waals surface area contributed by atoms with Gasteiger partial charge in [-0.25, -0.2) is 0 Å². The number of hydrogen-bond acceptors (Lipinski definition) is 2. The third-order valence-corrected chi connectivity index (χ3v) is 4.36. The zero-order valence-electron chi connectivity index (χ0n) is 14.3. The molecule has 0 unspecified atom stereocenters. The van der Waals surface area contributed by atoms with E-state index in [-0.39, 0.29) is 23.4 Å². The van der Waals surface area contributed by atoms with E-state index in [1.165, 1.54) is 35.0 Å². The molecule has 1 aromatic heterocycles. The molecule has 3 aromatic rings. The molecular weight excluding hydrogens is 393 g/mol. The molecule has 0 atom stereocenters. The summed E-state index contributed by atoms with van der Waals surface area (Å²) in [5, 5.41) is 2.89. The Morgan fingerprint density at radius 2 is 1.79 bits per heavy atom. The molecular formula is C20H14ClF3N2O2. The number of benzene rings is 2. The molecule has 0 aliphatic heterocycles. The van der Waals surface area contributed by atoms with Gasteiger partial charge in [0.05, 0.1) is 17.7 Å². The highest BCUT2D eigenvalue weighted by Gasteiger charge is 2.30. The number of alkyl halides is 3. The van der Waals surface area contributed by atoms with E-state index in [4.69, 9.17) is 11.6 Å². The van der Waals surface area contributed by atoms with E-state index in [2.05, 4.69) is 5.32 Å². The van der Waals surface area contributed by atoms with Gasteiger partial charge in [0, 0.05) is 23.0 Å². The van der Waals surface area contributed by atoms with Gasteiger partial charge in [-0.3, -0.25) is 9.59 Å². The van der Waals surface area contributed by atoms with Gasteiger partial charge >= 0.3 is 6.18 Å². The van der Waals surface area contributed by atoms with Crippen molar-refractivity contribution in [2.45, 2.75) is 12.7 Å². The highest BCUT2D eigenvalue weighted by molar-refractivity contribution is 6.31. The molecule has 1 heterocycles. The van der Waals surface area contributed by atoms with Crippen LogP contribution < -0.4 is 10.9 Å². The average Bonchev–Trinajstić information content (AvgIpc) is 2.65. The topological polar surface area (TPSA) is 51.1 Å². The molecule has 8 heteroatoms. The minimum absolute atomic E-state index is 0.00341. The largest absolute Gasteiger partial charge is 0.416 e. The summed E-state index contributed by atoms with van der Waals surface area (Å²) in [4.78, 5) is 24.5. The normalized spacial score (nSPS) is 11.3. The first kappa shape index (κ1) is 19.7. The van der Waals surface area contributed by atoms with Crippen molar-refractivity contribution in [3.63, 3.8) is 0 Å². The SMILES string of the molecule is O=C(Nc1cccc(C(F)(F)F)c1)c1ccc(=O)n(Cc2ccccc2Cl)c1. The fraction of sp³-hybridized carbons (Fsp3) is 0.100. The summed E-state index contributed by atoms with van der Waals surface area (Å²) in [6, 6.07) is 13.8. The second-order valence-corrected chi connectivity index (χ2v) is 6.42. The summed E-state index contributed by atoms with van der Waals surface area (Å²) >= 11 is 6.10. The Bertz CT molecular complexity index is 1080. The number of carbonyl (C=O) groups is 1. The van der Waals surface area contributed by atoms with Crippen LogP contribution in [-0.4, -0.2) is 10.5 Å². The molecule has 1 N–H and O–H groups in total. The predicted molar refractivity (Wildman–Crippen MR) is 101 cm³/mol. The first-order valence-corrected chi connectivity index (χ1v) is 8.54. The van der Waals surface area contributed by atoms with Gasteiger partial charge in [-0.1, -0.05) is 35.9 Å². The third-order valence-electron chi connectivity index (χ3n) is 3.99. The van der Waals surface area contributed by atoms with Crippen LogP contribution in [0.2, 0.25) is 5.02 Å². The molecule has 4 nitrogen and oxygen atoms in total. The van der Waals surface area contributed by atoms with Crippen molar-refractivity contribution in [3.8, 4) is 0 Å². The van der Waals surface area contributed by atoms with E-state index in [0.717, 1.165) is 12.1 Å². The summed E-state index contributed by atoms with van der Waals surface area (Å²) < 4.78 is 39.7. The van der Waals surface area contributed by atoms with Gasteiger partial charge in [-0.05, 0) is 35.9 Å². The van der Waals surface area contributed by atoms with Crippen LogP contribution in [0.5, 0.6) is 0 Å². The number of anilines is 1. The Labute approximate surface area is 163 Å². The number of nitrogens with one attached hydrogen (secondary N) is 1. The monoisotopic (exact) mass is 406 g/mol. The minimum Gasteiger partial charge on any atom is -0.322 e. The van der Waals surface area contributed by atoms with E-state index >= 15 is 0 Å². The molecule has 3 rings (SSSR count). The molecule has 144 valence electrons. The van der Waals surface area contributed by atoms with E-state index < -0.39 is 17.6 Å². The number of halogens is 4. The van der Waals surface area contributed by atoms with E-state index in [9.17, 15) is 22.8 Å². The number of aromatic nitrogens is 1. The highest BCUT2D eigenvalue weighted by atomic mass is 35.5. The molecule has 2 aromatic carbocycles. The maximum absolute atomic E-state index is 12.8. The standard InChI is InChI=1S/C20H14ClF3N2O2/c21-17-7-2-1-4-13(17)11-26-12-14(8-9-18(26)27)19(28)25-16-6-3-5-15(10-16)20(22,23)24/h1-10,12H,11H2,(H,25,28). The lowest BCUT2D eigenvalue weighted by atomic mass is 10.2. The third kappa shape index (κ3) is 4.61. The smallest absolute Gasteiger partial charge is 0.322 e. The van der Waals surface area contributed by atoms with Crippen molar-refractivity contribution in [3.05, 3.63) is 98.9 Å². The van der Waals surface area contributed by atoms with Gasteiger partial charge in [-0.2, -0.15) is 13.2 Å². The van der Waals surface area contributed by atoms with Crippen LogP contribution in [0.25, 0.3) is 0 Å². The molecule has 0 spiro atoms. The summed E-state index contributed by atoms with van der Waals surface area (Å²) in [5.74, 6) is -0.632. The maximum Gasteiger partial charge on any atom is 0.416 e. The van der Waals surface area contributed by atoms with Crippen LogP contribution in [0.1, 0.15) is 21.5 Å². The van der Waals surface area contributed by atoms with Crippen molar-refractivity contribution < 1.29 is 18.0 Å². The summed E-state index contributed by atoms with van der Waals surface area (Å²) in [5.41, 5.74) is -0.376. The maximum atomic E-state index is 12.8. The Morgan fingerprint density at radius 3 is 2.50 bits per heavy atom. The zero-order chi connectivity index (χ0) is 20.3. The molecule has 0 bridgehead atoms. The van der Waals surface area contributed by atoms with Crippen LogP contribution >= 0.6 is 11.6 Å². The molecule has 1 amide bonds. The van der Waals surface area contributed by atoms with Crippen LogP contribution in [0.3, 0.4) is 0 Å². The lowest BCUT2D eigenvalue weighted by molar-refractivity contribution is -0.137. The van der Waals surface area contributed by atoms with Crippen LogP contribution in [-0.2, 0) is 12.7 Å². The van der Waals surface area contributed by atoms with Gasteiger partial charge in [0.15, 0.2) is 0 Å². The molecule has 0 fully saturated rings. The summed E-state index contributed by atoms with van der Waals surface area (Å²) in [6.45, 7) is 0.156. The van der Waals surface area contributed by atoms with Crippen molar-refractivity contribution in [1.82, 2.24) is 4.57 Å². The molecule has 28 heavy (non-hydrogen) atoms. The van der Waals surface area contributed by atoms with Crippen molar-refractivity contribution in [2.24, 2.45) is 0 Å². The number of nitrogens with zero attached hydrogens (tertiary/aromatic N) is 1. The minimum atomic E-state index is -4.51. The van der Waals surface area contributed by atoms with Gasteiger partial charge in [0.25, 0.3) is 11.5 Å². The van der Waals surface area contributed by atoms with E-state index in [0.29, 0.717) is 10.6 Å². The number of hydrogen-bond donors (Lipinski definition) is 1. The summed E-state index contributed by atoms with van der Waals surface area (Å²) in [7, 11) is 0. The number of pyridine rings is 1. The Morgan fingerprint density at radius 1 is 1.04 bits per heavy atom. The lowest BCUT2D eigenvalue weighted by Gasteiger charge is -2.11. The Hall–Kier alpha value is -3.06. The second kappa shape index (κ2) is 7.90. The highest BCUT2D eigenvalue weighted by Crippen LogP contribution is 2.30. The molecule has 0 saturated carbocycles. The summed E-state index contributed by atoms with van der Waals surface area (Å²) in [6.07, 6.45) is -3.17. The fourth-order valence-corrected chi connectivity index (χ4v) is 2.77. The first-order valence-electron chi connectivity index (χ1n) is 8.16. The van der Waals surface area contributed by atoms with Crippen molar-refractivity contribution in [2.75, 3.05) is 5.32 Å². The van der Waals surface area contributed by atoms with Gasteiger partial charge < -0.3 is 9.88 Å². The predicted octanol–water partition coefficient (Wildman–Crippen LogP) is 4.82. The number of rotatable bonds is 4. The van der Waals surface area contributed by atoms with E-state index in [1.54, 1.807) is 24.3 Å². The van der Waals surface area contributed by atoms with Gasteiger partial charge in [0.2, 0.25) is 0 Å². The van der Waals surface area contributed by atoms with Gasteiger partial charge in [0.1, 0.15) is 0 Å². The van der Waals surface area contributed by atoms with Crippen LogP contribution in [0.15, 0.2) is 71.7 Å². The Balaban J connectivity index is 1.83. The molecule has 0 saturated heterocycles. The fourth-order valence-electron chi connectivity index (χ4n) is 2.58. The first-order chi connectivity index (χ1) is 13.2. The molecule has 0 aliphatic carbocycles. The van der Waals surface area contributed by atoms with Crippen LogP contribution in [0, 0.1) is 0 Å². The molecule has 0 radical (unpaired) electrons. The Kier molecular flexibility index (Phi) is 5.56. The quantitative estimate of drug-likeness (QED) is 0.675.